The van der Waals surface area contributed by atoms with Crippen LogP contribution in [0.5, 0.6) is 5.75 Å². The van der Waals surface area contributed by atoms with E-state index in [0.717, 1.165) is 23.1 Å². The Hall–Kier alpha value is -3.35. The Morgan fingerprint density at radius 2 is 1.97 bits per heavy atom. The molecular formula is C24H26N2O5. The lowest BCUT2D eigenvalue weighted by atomic mass is 9.86. The average molecular weight is 422 g/mol. The summed E-state index contributed by atoms with van der Waals surface area (Å²) in [5.74, 6) is -0.249. The van der Waals surface area contributed by atoms with Gasteiger partial charge in [-0.25, -0.2) is 4.79 Å². The van der Waals surface area contributed by atoms with E-state index < -0.39 is 12.0 Å². The lowest BCUT2D eigenvalue weighted by Gasteiger charge is -2.21. The molecule has 1 aromatic carbocycles. The molecule has 31 heavy (non-hydrogen) atoms. The Bertz CT molecular complexity index is 1000. The van der Waals surface area contributed by atoms with Crippen molar-refractivity contribution in [3.8, 4) is 5.75 Å². The van der Waals surface area contributed by atoms with Crippen molar-refractivity contribution >= 4 is 23.4 Å². The van der Waals surface area contributed by atoms with E-state index >= 15 is 0 Å². The van der Waals surface area contributed by atoms with Crippen LogP contribution in [-0.2, 0) is 19.1 Å². The second-order valence-corrected chi connectivity index (χ2v) is 8.14. The molecule has 0 saturated carbocycles. The molecule has 1 N–H and O–H groups in total. The summed E-state index contributed by atoms with van der Waals surface area (Å²) < 4.78 is 11.1. The Morgan fingerprint density at radius 1 is 1.23 bits per heavy atom. The molecular weight excluding hydrogens is 396 g/mol. The van der Waals surface area contributed by atoms with Crippen LogP contribution in [0.3, 0.4) is 0 Å². The quantitative estimate of drug-likeness (QED) is 0.683. The zero-order valence-corrected chi connectivity index (χ0v) is 17.9. The highest BCUT2D eigenvalue weighted by Gasteiger charge is 2.53. The van der Waals surface area contributed by atoms with Crippen LogP contribution in [-0.4, -0.2) is 41.9 Å². The number of amides is 2. The maximum absolute atomic E-state index is 13.1. The molecule has 162 valence electrons. The molecule has 2 heterocycles. The van der Waals surface area contributed by atoms with Crippen molar-refractivity contribution in [2.75, 3.05) is 13.2 Å². The van der Waals surface area contributed by atoms with Crippen molar-refractivity contribution in [2.24, 2.45) is 11.8 Å². The zero-order chi connectivity index (χ0) is 22.1. The van der Waals surface area contributed by atoms with Gasteiger partial charge in [-0.1, -0.05) is 51.1 Å². The van der Waals surface area contributed by atoms with E-state index in [4.69, 9.17) is 9.47 Å². The maximum atomic E-state index is 13.1. The van der Waals surface area contributed by atoms with E-state index in [2.05, 4.69) is 5.32 Å². The molecule has 2 aliphatic heterocycles. The summed E-state index contributed by atoms with van der Waals surface area (Å²) in [5.41, 5.74) is 2.43. The highest BCUT2D eigenvalue weighted by Crippen LogP contribution is 2.46. The van der Waals surface area contributed by atoms with Gasteiger partial charge in [0.1, 0.15) is 11.8 Å². The fourth-order valence-corrected chi connectivity index (χ4v) is 4.10. The first-order chi connectivity index (χ1) is 14.9. The molecule has 3 aliphatic rings. The molecule has 2 unspecified atom stereocenters. The molecule has 1 aliphatic carbocycles. The number of carbonyl (C=O) groups is 3. The summed E-state index contributed by atoms with van der Waals surface area (Å²) in [7, 11) is 0. The van der Waals surface area contributed by atoms with Gasteiger partial charge in [0.15, 0.2) is 6.61 Å². The van der Waals surface area contributed by atoms with Gasteiger partial charge in [0.25, 0.3) is 5.91 Å². The minimum absolute atomic E-state index is 0.0435. The summed E-state index contributed by atoms with van der Waals surface area (Å²) >= 11 is 0. The Balaban J connectivity index is 1.56. The number of nitrogens with one attached hydrogen (secondary N) is 1. The first-order valence-corrected chi connectivity index (χ1v) is 10.6. The number of benzene rings is 1. The number of carbonyl (C=O) groups excluding carboxylic acids is 3. The molecule has 7 nitrogen and oxygen atoms in total. The number of esters is 1. The van der Waals surface area contributed by atoms with E-state index in [0.29, 0.717) is 18.2 Å². The Labute approximate surface area is 181 Å². The van der Waals surface area contributed by atoms with E-state index in [1.54, 1.807) is 12.1 Å². The number of fused-ring (bicyclic) bond motifs is 2. The van der Waals surface area contributed by atoms with Crippen molar-refractivity contribution in [1.82, 2.24) is 10.2 Å². The predicted molar refractivity (Wildman–Crippen MR) is 114 cm³/mol. The standard InChI is InChI=1S/C24H26N2O5/c1-4-12-25-19(27)13-30-16-10-8-15(9-11-16)17-6-5-7-18-20(17)23-26(22(18)28)21(14(2)3)24(29)31-23/h5-11,14,18,21H,4,12-13H2,1-3H3,(H,25,27). The molecule has 2 amide bonds. The SMILES string of the molecule is CCCNC(=O)COc1ccc(C2=CC=CC3C(=O)N4C(=C23)OC(=O)C4C(C)C)cc1. The van der Waals surface area contributed by atoms with Crippen LogP contribution in [0.2, 0.25) is 0 Å². The third-order valence-electron chi connectivity index (χ3n) is 5.58. The summed E-state index contributed by atoms with van der Waals surface area (Å²) in [6.07, 6.45) is 6.49. The molecule has 0 bridgehead atoms. The number of rotatable bonds is 7. The molecule has 0 aromatic heterocycles. The molecule has 0 spiro atoms. The third kappa shape index (κ3) is 3.76. The van der Waals surface area contributed by atoms with Gasteiger partial charge in [0.05, 0.1) is 5.92 Å². The van der Waals surface area contributed by atoms with Gasteiger partial charge in [0, 0.05) is 12.1 Å². The third-order valence-corrected chi connectivity index (χ3v) is 5.58. The highest BCUT2D eigenvalue weighted by atomic mass is 16.6. The molecule has 0 radical (unpaired) electrons. The number of allylic oxidation sites excluding steroid dienone is 3. The molecule has 1 saturated heterocycles. The summed E-state index contributed by atoms with van der Waals surface area (Å²) in [6.45, 7) is 6.38. The summed E-state index contributed by atoms with van der Waals surface area (Å²) in [6, 6.07) is 6.73. The van der Waals surface area contributed by atoms with Gasteiger partial charge in [-0.3, -0.25) is 14.5 Å². The lowest BCUT2D eigenvalue weighted by Crippen LogP contribution is -2.40. The molecule has 1 fully saturated rings. The summed E-state index contributed by atoms with van der Waals surface area (Å²) in [5, 5.41) is 2.77. The minimum atomic E-state index is -0.593. The van der Waals surface area contributed by atoms with Gasteiger partial charge >= 0.3 is 5.97 Å². The number of hydrogen-bond acceptors (Lipinski definition) is 5. The Kier molecular flexibility index (Phi) is 5.67. The second kappa shape index (κ2) is 8.41. The predicted octanol–water partition coefficient (Wildman–Crippen LogP) is 2.80. The van der Waals surface area contributed by atoms with Gasteiger partial charge in [-0.2, -0.15) is 0 Å². The topological polar surface area (TPSA) is 84.9 Å². The van der Waals surface area contributed by atoms with Crippen molar-refractivity contribution in [3.63, 3.8) is 0 Å². The van der Waals surface area contributed by atoms with E-state index in [9.17, 15) is 14.4 Å². The maximum Gasteiger partial charge on any atom is 0.336 e. The zero-order valence-electron chi connectivity index (χ0n) is 17.9. The van der Waals surface area contributed by atoms with Gasteiger partial charge in [-0.15, -0.1) is 0 Å². The number of ether oxygens (including phenoxy) is 2. The van der Waals surface area contributed by atoms with Gasteiger partial charge < -0.3 is 14.8 Å². The van der Waals surface area contributed by atoms with Crippen LogP contribution in [0.25, 0.3) is 5.57 Å². The average Bonchev–Trinajstić information content (AvgIpc) is 3.24. The molecule has 4 rings (SSSR count). The largest absolute Gasteiger partial charge is 0.484 e. The summed E-state index contributed by atoms with van der Waals surface area (Å²) in [4.78, 5) is 38.7. The fraction of sp³-hybridized carbons (Fsp3) is 0.375. The van der Waals surface area contributed by atoms with Crippen LogP contribution in [0.4, 0.5) is 0 Å². The molecule has 7 heteroatoms. The van der Waals surface area contributed by atoms with Crippen LogP contribution in [0.1, 0.15) is 32.8 Å². The molecule has 2 atom stereocenters. The van der Waals surface area contributed by atoms with Gasteiger partial charge in [0.2, 0.25) is 11.8 Å². The van der Waals surface area contributed by atoms with Crippen LogP contribution in [0.15, 0.2) is 53.9 Å². The normalized spacial score (nSPS) is 21.8. The van der Waals surface area contributed by atoms with E-state index in [-0.39, 0.29) is 30.3 Å². The van der Waals surface area contributed by atoms with Crippen LogP contribution in [0, 0.1) is 11.8 Å². The first kappa shape index (κ1) is 20.9. The highest BCUT2D eigenvalue weighted by molar-refractivity contribution is 6.02. The van der Waals surface area contributed by atoms with Crippen molar-refractivity contribution in [3.05, 3.63) is 59.5 Å². The second-order valence-electron chi connectivity index (χ2n) is 8.14. The Morgan fingerprint density at radius 3 is 2.65 bits per heavy atom. The van der Waals surface area contributed by atoms with E-state index in [1.165, 1.54) is 4.90 Å². The number of hydrogen-bond donors (Lipinski definition) is 1. The van der Waals surface area contributed by atoms with Crippen molar-refractivity contribution in [1.29, 1.82) is 0 Å². The monoisotopic (exact) mass is 422 g/mol. The first-order valence-electron chi connectivity index (χ1n) is 10.6. The smallest absolute Gasteiger partial charge is 0.336 e. The van der Waals surface area contributed by atoms with Gasteiger partial charge in [-0.05, 0) is 35.6 Å². The number of nitrogens with zero attached hydrogens (tertiary/aromatic N) is 1. The van der Waals surface area contributed by atoms with Crippen LogP contribution >= 0.6 is 0 Å². The minimum Gasteiger partial charge on any atom is -0.484 e. The van der Waals surface area contributed by atoms with E-state index in [1.807, 2.05) is 51.1 Å². The lowest BCUT2D eigenvalue weighted by molar-refractivity contribution is -0.140. The molecule has 1 aromatic rings. The fourth-order valence-electron chi connectivity index (χ4n) is 4.10. The van der Waals surface area contributed by atoms with Crippen molar-refractivity contribution < 1.29 is 23.9 Å². The van der Waals surface area contributed by atoms with Crippen molar-refractivity contribution in [2.45, 2.75) is 33.2 Å². The van der Waals surface area contributed by atoms with Crippen LogP contribution < -0.4 is 10.1 Å².